The van der Waals surface area contributed by atoms with Gasteiger partial charge in [-0.15, -0.1) is 0 Å². The highest BCUT2D eigenvalue weighted by Gasteiger charge is 2.13. The highest BCUT2D eigenvalue weighted by molar-refractivity contribution is 6.35. The molecule has 0 aliphatic carbocycles. The number of nitrogens with one attached hydrogen (secondary N) is 2. The van der Waals surface area contributed by atoms with Crippen molar-refractivity contribution in [2.24, 2.45) is 0 Å². The van der Waals surface area contributed by atoms with Crippen LogP contribution in [0.5, 0.6) is 0 Å². The molecule has 2 N–H and O–H groups in total. The second-order valence-corrected chi connectivity index (χ2v) is 5.98. The molecule has 0 aliphatic heterocycles. The molecular formula is C18H18Cl2N2O3. The van der Waals surface area contributed by atoms with Crippen molar-refractivity contribution in [3.05, 3.63) is 63.6 Å². The zero-order valence-corrected chi connectivity index (χ0v) is 15.2. The van der Waals surface area contributed by atoms with Crippen LogP contribution in [0.2, 0.25) is 10.0 Å². The summed E-state index contributed by atoms with van der Waals surface area (Å²) in [5.41, 5.74) is 1.58. The highest BCUT2D eigenvalue weighted by Crippen LogP contribution is 2.21. The minimum Gasteiger partial charge on any atom is -0.462 e. The van der Waals surface area contributed by atoms with Crippen molar-refractivity contribution in [1.82, 2.24) is 5.32 Å². The Bertz CT molecular complexity index is 766. The first-order chi connectivity index (χ1) is 12.0. The van der Waals surface area contributed by atoms with E-state index in [2.05, 4.69) is 10.6 Å². The third-order valence-corrected chi connectivity index (χ3v) is 3.95. The Balaban J connectivity index is 1.91. The Kier molecular flexibility index (Phi) is 7.10. The molecule has 2 amide bonds. The summed E-state index contributed by atoms with van der Waals surface area (Å²) in [5.74, 6) is -0.480. The van der Waals surface area contributed by atoms with Crippen LogP contribution in [0.4, 0.5) is 10.5 Å². The first-order valence-corrected chi connectivity index (χ1v) is 8.51. The maximum absolute atomic E-state index is 12.0. The number of ether oxygens (including phenoxy) is 1. The van der Waals surface area contributed by atoms with Gasteiger partial charge in [-0.25, -0.2) is 9.59 Å². The lowest BCUT2D eigenvalue weighted by molar-refractivity contribution is 0.0527. The quantitative estimate of drug-likeness (QED) is 0.723. The molecule has 0 aromatic heterocycles. The Hall–Kier alpha value is -2.24. The van der Waals surface area contributed by atoms with Gasteiger partial charge < -0.3 is 15.4 Å². The van der Waals surface area contributed by atoms with Gasteiger partial charge in [0, 0.05) is 16.6 Å². The van der Waals surface area contributed by atoms with Crippen molar-refractivity contribution in [3.8, 4) is 0 Å². The molecule has 0 heterocycles. The normalized spacial score (nSPS) is 10.2. The summed E-state index contributed by atoms with van der Waals surface area (Å²) < 4.78 is 4.98. The van der Waals surface area contributed by atoms with Crippen LogP contribution in [0.1, 0.15) is 22.8 Å². The van der Waals surface area contributed by atoms with E-state index in [0.717, 1.165) is 5.56 Å². The number of anilines is 1. The molecule has 0 saturated carbocycles. The number of esters is 1. The van der Waals surface area contributed by atoms with Crippen LogP contribution >= 0.6 is 23.2 Å². The molecule has 0 radical (unpaired) electrons. The van der Waals surface area contributed by atoms with Crippen LogP contribution in [0.3, 0.4) is 0 Å². The van der Waals surface area contributed by atoms with E-state index in [4.69, 9.17) is 27.9 Å². The predicted octanol–water partition coefficient (Wildman–Crippen LogP) is 4.53. The molecule has 2 aromatic rings. The fraction of sp³-hybridized carbons (Fsp3) is 0.222. The van der Waals surface area contributed by atoms with E-state index in [-0.39, 0.29) is 6.61 Å². The standard InChI is InChI=1S/C18H18Cl2N2O3/c1-2-25-17(23)14-5-3-4-6-16(14)22-18(24)21-10-9-12-7-8-13(19)11-15(12)20/h3-8,11H,2,9-10H2,1H3,(H2,21,22,24). The number of halogens is 2. The van der Waals surface area contributed by atoms with E-state index in [9.17, 15) is 9.59 Å². The van der Waals surface area contributed by atoms with Crippen molar-refractivity contribution in [2.75, 3.05) is 18.5 Å². The van der Waals surface area contributed by atoms with Crippen molar-refractivity contribution < 1.29 is 14.3 Å². The van der Waals surface area contributed by atoms with Gasteiger partial charge in [0.25, 0.3) is 0 Å². The molecule has 132 valence electrons. The average molecular weight is 381 g/mol. The SMILES string of the molecule is CCOC(=O)c1ccccc1NC(=O)NCCc1ccc(Cl)cc1Cl. The third-order valence-electron chi connectivity index (χ3n) is 3.37. The minimum absolute atomic E-state index is 0.265. The number of hydrogen-bond donors (Lipinski definition) is 2. The van der Waals surface area contributed by atoms with E-state index in [1.54, 1.807) is 43.3 Å². The molecule has 0 saturated heterocycles. The van der Waals surface area contributed by atoms with Crippen LogP contribution in [0.25, 0.3) is 0 Å². The number of benzene rings is 2. The number of carbonyl (C=O) groups is 2. The number of amides is 2. The van der Waals surface area contributed by atoms with Gasteiger partial charge in [0.05, 0.1) is 17.9 Å². The average Bonchev–Trinajstić information content (AvgIpc) is 2.57. The summed E-state index contributed by atoms with van der Waals surface area (Å²) >= 11 is 11.9. The number of urea groups is 1. The molecule has 25 heavy (non-hydrogen) atoms. The molecule has 2 aromatic carbocycles. The Morgan fingerprint density at radius 3 is 2.60 bits per heavy atom. The van der Waals surface area contributed by atoms with Crippen LogP contribution < -0.4 is 10.6 Å². The topological polar surface area (TPSA) is 67.4 Å². The maximum atomic E-state index is 12.0. The summed E-state index contributed by atoms with van der Waals surface area (Å²) in [4.78, 5) is 23.9. The van der Waals surface area contributed by atoms with E-state index >= 15 is 0 Å². The van der Waals surface area contributed by atoms with Gasteiger partial charge in [0.2, 0.25) is 0 Å². The van der Waals surface area contributed by atoms with Crippen LogP contribution in [-0.2, 0) is 11.2 Å². The summed E-state index contributed by atoms with van der Waals surface area (Å²) in [6.45, 7) is 2.37. The lowest BCUT2D eigenvalue weighted by Gasteiger charge is -2.11. The Labute approximate surface area is 156 Å². The van der Waals surface area contributed by atoms with E-state index < -0.39 is 12.0 Å². The second kappa shape index (κ2) is 9.30. The van der Waals surface area contributed by atoms with Gasteiger partial charge >= 0.3 is 12.0 Å². The number of carbonyl (C=O) groups excluding carboxylic acids is 2. The fourth-order valence-corrected chi connectivity index (χ4v) is 2.68. The van der Waals surface area contributed by atoms with Crippen molar-refractivity contribution in [3.63, 3.8) is 0 Å². The largest absolute Gasteiger partial charge is 0.462 e. The predicted molar refractivity (Wildman–Crippen MR) is 99.6 cm³/mol. The second-order valence-electron chi connectivity index (χ2n) is 5.13. The van der Waals surface area contributed by atoms with Gasteiger partial charge in [-0.3, -0.25) is 0 Å². The molecule has 0 unspecified atom stereocenters. The molecule has 5 nitrogen and oxygen atoms in total. The first kappa shape index (κ1) is 19.1. The number of hydrogen-bond acceptors (Lipinski definition) is 3. The number of para-hydroxylation sites is 1. The molecule has 7 heteroatoms. The van der Waals surface area contributed by atoms with Gasteiger partial charge in [-0.2, -0.15) is 0 Å². The molecular weight excluding hydrogens is 363 g/mol. The van der Waals surface area contributed by atoms with Crippen molar-refractivity contribution >= 4 is 40.9 Å². The monoisotopic (exact) mass is 380 g/mol. The summed E-state index contributed by atoms with van der Waals surface area (Å²) in [7, 11) is 0. The van der Waals surface area contributed by atoms with Gasteiger partial charge in [0.15, 0.2) is 0 Å². The molecule has 0 fully saturated rings. The molecule has 2 rings (SSSR count). The lowest BCUT2D eigenvalue weighted by atomic mass is 10.1. The van der Waals surface area contributed by atoms with Crippen LogP contribution in [0.15, 0.2) is 42.5 Å². The fourth-order valence-electron chi connectivity index (χ4n) is 2.18. The Morgan fingerprint density at radius 1 is 1.12 bits per heavy atom. The van der Waals surface area contributed by atoms with E-state index in [0.29, 0.717) is 34.3 Å². The maximum Gasteiger partial charge on any atom is 0.340 e. The molecule has 0 bridgehead atoms. The zero-order chi connectivity index (χ0) is 18.2. The number of rotatable bonds is 6. The van der Waals surface area contributed by atoms with Crippen molar-refractivity contribution in [2.45, 2.75) is 13.3 Å². The van der Waals surface area contributed by atoms with Crippen LogP contribution in [0, 0.1) is 0 Å². The van der Waals surface area contributed by atoms with Gasteiger partial charge in [-0.05, 0) is 43.2 Å². The van der Waals surface area contributed by atoms with E-state index in [1.165, 1.54) is 0 Å². The van der Waals surface area contributed by atoms with E-state index in [1.807, 2.05) is 6.07 Å². The van der Waals surface area contributed by atoms with Crippen molar-refractivity contribution in [1.29, 1.82) is 0 Å². The molecule has 0 atom stereocenters. The summed E-state index contributed by atoms with van der Waals surface area (Å²) in [6.07, 6.45) is 0.558. The highest BCUT2D eigenvalue weighted by atomic mass is 35.5. The van der Waals surface area contributed by atoms with Crippen LogP contribution in [-0.4, -0.2) is 25.2 Å². The first-order valence-electron chi connectivity index (χ1n) is 7.76. The summed E-state index contributed by atoms with van der Waals surface area (Å²) in [6, 6.07) is 11.5. The van der Waals surface area contributed by atoms with Gasteiger partial charge in [-0.1, -0.05) is 41.4 Å². The smallest absolute Gasteiger partial charge is 0.340 e. The zero-order valence-electron chi connectivity index (χ0n) is 13.6. The lowest BCUT2D eigenvalue weighted by Crippen LogP contribution is -2.31. The van der Waals surface area contributed by atoms with Gasteiger partial charge in [0.1, 0.15) is 0 Å². The minimum atomic E-state index is -0.480. The Morgan fingerprint density at radius 2 is 1.88 bits per heavy atom. The molecule has 0 aliphatic rings. The third kappa shape index (κ3) is 5.66. The summed E-state index contributed by atoms with van der Waals surface area (Å²) in [5, 5.41) is 6.50. The molecule has 0 spiro atoms.